The van der Waals surface area contributed by atoms with Crippen molar-refractivity contribution in [3.8, 4) is 11.1 Å². The normalized spacial score (nSPS) is 15.5. The van der Waals surface area contributed by atoms with Gasteiger partial charge >= 0.3 is 6.18 Å². The quantitative estimate of drug-likeness (QED) is 0.271. The molecule has 0 radical (unpaired) electrons. The predicted octanol–water partition coefficient (Wildman–Crippen LogP) is 6.83. The Hall–Kier alpha value is -4.01. The van der Waals surface area contributed by atoms with Crippen LogP contribution in [0, 0.1) is 5.82 Å². The van der Waals surface area contributed by atoms with E-state index in [1.807, 2.05) is 18.2 Å². The number of anilines is 1. The number of aromatic nitrogens is 2. The summed E-state index contributed by atoms with van der Waals surface area (Å²) in [6, 6.07) is 15.3. The first-order chi connectivity index (χ1) is 18.3. The summed E-state index contributed by atoms with van der Waals surface area (Å²) in [6.07, 6.45) is 0.375. The van der Waals surface area contributed by atoms with Gasteiger partial charge in [0.2, 0.25) is 0 Å². The van der Waals surface area contributed by atoms with Crippen LogP contribution in [0.1, 0.15) is 47.2 Å². The molecular weight excluding hydrogens is 496 g/mol. The van der Waals surface area contributed by atoms with Crippen molar-refractivity contribution in [1.29, 1.82) is 0 Å². The van der Waals surface area contributed by atoms with Gasteiger partial charge in [-0.05, 0) is 73.2 Å². The van der Waals surface area contributed by atoms with Gasteiger partial charge in [0.1, 0.15) is 18.0 Å². The zero-order valence-electron chi connectivity index (χ0n) is 20.3. The number of carbonyl (C=O) groups excluding carboxylic acids is 1. The van der Waals surface area contributed by atoms with E-state index in [1.54, 1.807) is 12.1 Å². The van der Waals surface area contributed by atoms with Crippen molar-refractivity contribution in [3.63, 3.8) is 0 Å². The molecule has 6 rings (SSSR count). The third-order valence-corrected chi connectivity index (χ3v) is 6.98. The van der Waals surface area contributed by atoms with Crippen molar-refractivity contribution in [2.45, 2.75) is 50.5 Å². The average Bonchev–Trinajstić information content (AvgIpc) is 3.83. The molecule has 9 heteroatoms. The Morgan fingerprint density at radius 1 is 0.947 bits per heavy atom. The number of halogens is 4. The number of carbonyl (C=O) groups is 1. The maximum atomic E-state index is 15.0. The van der Waals surface area contributed by atoms with Gasteiger partial charge in [0, 0.05) is 29.6 Å². The molecule has 2 saturated carbocycles. The maximum Gasteiger partial charge on any atom is 0.417 e. The molecule has 0 atom stereocenters. The van der Waals surface area contributed by atoms with Gasteiger partial charge in [-0.25, -0.2) is 14.4 Å². The summed E-state index contributed by atoms with van der Waals surface area (Å²) in [4.78, 5) is 23.4. The molecule has 0 saturated heterocycles. The van der Waals surface area contributed by atoms with Crippen LogP contribution in [0.5, 0.6) is 0 Å². The highest BCUT2D eigenvalue weighted by atomic mass is 19.4. The number of fused-ring (bicyclic) bond motifs is 1. The fraction of sp³-hybridized carbons (Fsp3) is 0.276. The summed E-state index contributed by atoms with van der Waals surface area (Å²) in [5.74, 6) is -0.518. The molecular formula is C29H24F4N4O. The van der Waals surface area contributed by atoms with Crippen molar-refractivity contribution in [2.75, 3.05) is 5.32 Å². The number of nitrogens with zero attached hydrogens (tertiary/aromatic N) is 3. The zero-order valence-corrected chi connectivity index (χ0v) is 20.3. The first-order valence-electron chi connectivity index (χ1n) is 12.6. The van der Waals surface area contributed by atoms with E-state index in [9.17, 15) is 22.4 Å². The van der Waals surface area contributed by atoms with Gasteiger partial charge in [-0.1, -0.05) is 24.3 Å². The maximum absolute atomic E-state index is 15.0. The Labute approximate surface area is 216 Å². The Balaban J connectivity index is 1.33. The Kier molecular flexibility index (Phi) is 6.01. The number of rotatable bonds is 7. The molecule has 0 aliphatic heterocycles. The third kappa shape index (κ3) is 4.92. The number of nitrogens with one attached hydrogen (secondary N) is 1. The largest absolute Gasteiger partial charge is 0.417 e. The molecule has 194 valence electrons. The molecule has 0 bridgehead atoms. The molecule has 4 aromatic rings. The van der Waals surface area contributed by atoms with E-state index < -0.39 is 29.0 Å². The monoisotopic (exact) mass is 520 g/mol. The van der Waals surface area contributed by atoms with Gasteiger partial charge in [0.25, 0.3) is 5.91 Å². The second-order valence-corrected chi connectivity index (χ2v) is 9.89. The van der Waals surface area contributed by atoms with Gasteiger partial charge < -0.3 is 10.2 Å². The van der Waals surface area contributed by atoms with Crippen molar-refractivity contribution >= 4 is 22.6 Å². The fourth-order valence-corrected chi connectivity index (χ4v) is 4.66. The van der Waals surface area contributed by atoms with Crippen molar-refractivity contribution in [3.05, 3.63) is 89.5 Å². The number of hydrogen-bond acceptors (Lipinski definition) is 4. The number of hydrogen-bond donors (Lipinski definition) is 1. The topological polar surface area (TPSA) is 58.1 Å². The summed E-state index contributed by atoms with van der Waals surface area (Å²) < 4.78 is 55.8. The Morgan fingerprint density at radius 2 is 1.68 bits per heavy atom. The minimum Gasteiger partial charge on any atom is -0.367 e. The second-order valence-electron chi connectivity index (χ2n) is 9.89. The molecule has 1 aromatic heterocycles. The SMILES string of the molecule is O=C(c1ccccc1C(F)(F)F)N(Cc1cc(-c2ccc3ncnc(NC4CC4)c3c2)ccc1F)C1CC1. The van der Waals surface area contributed by atoms with Crippen molar-refractivity contribution in [2.24, 2.45) is 0 Å². The van der Waals surface area contributed by atoms with E-state index in [2.05, 4.69) is 15.3 Å². The van der Waals surface area contributed by atoms with Gasteiger partial charge in [-0.3, -0.25) is 4.79 Å². The molecule has 2 aliphatic carbocycles. The third-order valence-electron chi connectivity index (χ3n) is 6.98. The lowest BCUT2D eigenvalue weighted by Crippen LogP contribution is -2.34. The number of alkyl halides is 3. The molecule has 1 N–H and O–H groups in total. The number of benzene rings is 3. The Morgan fingerprint density at radius 3 is 2.42 bits per heavy atom. The van der Waals surface area contributed by atoms with E-state index in [1.165, 1.54) is 35.5 Å². The van der Waals surface area contributed by atoms with Crippen molar-refractivity contribution in [1.82, 2.24) is 14.9 Å². The summed E-state index contributed by atoms with van der Waals surface area (Å²) in [5.41, 5.74) is 1.16. The fourth-order valence-electron chi connectivity index (χ4n) is 4.66. The van der Waals surface area contributed by atoms with Crippen LogP contribution in [-0.2, 0) is 12.7 Å². The number of amides is 1. The van der Waals surface area contributed by atoms with Crippen LogP contribution in [0.3, 0.4) is 0 Å². The minimum absolute atomic E-state index is 0.124. The van der Waals surface area contributed by atoms with E-state index in [-0.39, 0.29) is 18.2 Å². The molecule has 1 amide bonds. The highest BCUT2D eigenvalue weighted by Crippen LogP contribution is 2.36. The van der Waals surface area contributed by atoms with E-state index in [0.717, 1.165) is 46.8 Å². The first-order valence-corrected chi connectivity index (χ1v) is 12.6. The van der Waals surface area contributed by atoms with Crippen LogP contribution in [0.25, 0.3) is 22.0 Å². The summed E-state index contributed by atoms with van der Waals surface area (Å²) >= 11 is 0. The van der Waals surface area contributed by atoms with E-state index in [4.69, 9.17) is 0 Å². The molecule has 0 spiro atoms. The zero-order chi connectivity index (χ0) is 26.4. The van der Waals surface area contributed by atoms with Gasteiger partial charge in [-0.15, -0.1) is 0 Å². The lowest BCUT2D eigenvalue weighted by Gasteiger charge is -2.25. The molecule has 2 aliphatic rings. The molecule has 0 unspecified atom stereocenters. The van der Waals surface area contributed by atoms with Gasteiger partial charge in [0.05, 0.1) is 16.6 Å². The van der Waals surface area contributed by atoms with E-state index >= 15 is 0 Å². The standard InChI is InChI=1S/C29H24F4N4O/c30-25-11-5-17(18-6-12-26-23(14-18)27(35-16-34-26)36-20-7-8-20)13-19(25)15-37(21-9-10-21)28(38)22-3-1-2-4-24(22)29(31,32)33/h1-6,11-14,16,20-21H,7-10,15H2,(H,34,35,36). The molecule has 2 fully saturated rings. The van der Waals surface area contributed by atoms with Gasteiger partial charge in [0.15, 0.2) is 0 Å². The highest BCUT2D eigenvalue weighted by Gasteiger charge is 2.39. The smallest absolute Gasteiger partial charge is 0.367 e. The summed E-state index contributed by atoms with van der Waals surface area (Å²) in [7, 11) is 0. The van der Waals surface area contributed by atoms with Crippen LogP contribution in [0.2, 0.25) is 0 Å². The van der Waals surface area contributed by atoms with Crippen LogP contribution in [-0.4, -0.2) is 32.9 Å². The molecule has 5 nitrogen and oxygen atoms in total. The lowest BCUT2D eigenvalue weighted by atomic mass is 10.00. The van der Waals surface area contributed by atoms with E-state index in [0.29, 0.717) is 18.9 Å². The predicted molar refractivity (Wildman–Crippen MR) is 136 cm³/mol. The summed E-state index contributed by atoms with van der Waals surface area (Å²) in [6.45, 7) is -0.124. The van der Waals surface area contributed by atoms with Crippen LogP contribution in [0.15, 0.2) is 67.0 Å². The minimum atomic E-state index is -4.67. The lowest BCUT2D eigenvalue weighted by molar-refractivity contribution is -0.138. The molecule has 3 aromatic carbocycles. The summed E-state index contributed by atoms with van der Waals surface area (Å²) in [5, 5.41) is 4.26. The van der Waals surface area contributed by atoms with Crippen LogP contribution in [0.4, 0.5) is 23.4 Å². The highest BCUT2D eigenvalue weighted by molar-refractivity contribution is 5.96. The second kappa shape index (κ2) is 9.38. The van der Waals surface area contributed by atoms with Crippen LogP contribution < -0.4 is 5.32 Å². The first kappa shape index (κ1) is 24.3. The van der Waals surface area contributed by atoms with Gasteiger partial charge in [-0.2, -0.15) is 13.2 Å². The van der Waals surface area contributed by atoms with Crippen LogP contribution >= 0.6 is 0 Å². The molecule has 38 heavy (non-hydrogen) atoms. The molecule has 1 heterocycles. The Bertz CT molecular complexity index is 1530. The van der Waals surface area contributed by atoms with Crippen molar-refractivity contribution < 1.29 is 22.4 Å². The average molecular weight is 521 g/mol.